The second kappa shape index (κ2) is 6.99. The summed E-state index contributed by atoms with van der Waals surface area (Å²) in [5.74, 6) is 1.12. The van der Waals surface area contributed by atoms with E-state index in [-0.39, 0.29) is 12.0 Å². The number of nitrogens with zero attached hydrogens (tertiary/aromatic N) is 1. The van der Waals surface area contributed by atoms with Crippen LogP contribution in [0.1, 0.15) is 39.5 Å². The molecule has 2 aromatic carbocycles. The molecule has 1 aromatic heterocycles. The third-order valence-corrected chi connectivity index (χ3v) is 5.29. The van der Waals surface area contributed by atoms with Gasteiger partial charge in [0.15, 0.2) is 12.0 Å². The number of hydrogen-bond acceptors (Lipinski definition) is 6. The number of methoxy groups -OCH3 is 1. The van der Waals surface area contributed by atoms with Gasteiger partial charge in [0.2, 0.25) is 0 Å². The lowest BCUT2D eigenvalue weighted by molar-refractivity contribution is -0.0328. The van der Waals surface area contributed by atoms with Crippen molar-refractivity contribution in [1.82, 2.24) is 10.4 Å². The van der Waals surface area contributed by atoms with Gasteiger partial charge >= 0.3 is 5.97 Å². The van der Waals surface area contributed by atoms with E-state index in [4.69, 9.17) is 25.5 Å². The zero-order valence-electron chi connectivity index (χ0n) is 15.5. The van der Waals surface area contributed by atoms with Gasteiger partial charge in [-0.3, -0.25) is 0 Å². The van der Waals surface area contributed by atoms with Crippen LogP contribution in [0.5, 0.6) is 5.75 Å². The molecular weight excluding hydrogens is 392 g/mol. The number of benzene rings is 2. The second-order valence-electron chi connectivity index (χ2n) is 6.79. The Morgan fingerprint density at radius 2 is 2.00 bits per heavy atom. The topological polar surface area (TPSA) is 63.9 Å². The lowest BCUT2D eigenvalue weighted by Gasteiger charge is -2.39. The summed E-state index contributed by atoms with van der Waals surface area (Å²) in [5, 5.41) is 2.65. The third-order valence-electron chi connectivity index (χ3n) is 5.06. The van der Waals surface area contributed by atoms with Crippen LogP contribution in [0, 0.1) is 0 Å². The van der Waals surface area contributed by atoms with E-state index < -0.39 is 6.23 Å². The zero-order chi connectivity index (χ0) is 20.0. The standard InChI is InChI=1S/C22H17ClN2O4/c1-27-22(26)14-6-4-13(5-7-14)21-25-18(12-17(24-25)20-3-2-10-28-20)16-11-15(23)8-9-19(16)29-21/h2-12,18,21,24H,1H3. The summed E-state index contributed by atoms with van der Waals surface area (Å²) in [6.07, 6.45) is 3.32. The normalized spacial score (nSPS) is 20.1. The number of fused-ring (bicyclic) bond motifs is 3. The van der Waals surface area contributed by atoms with E-state index in [1.165, 1.54) is 7.11 Å². The molecule has 0 fully saturated rings. The van der Waals surface area contributed by atoms with Crippen LogP contribution in [0.4, 0.5) is 0 Å². The lowest BCUT2D eigenvalue weighted by Crippen LogP contribution is -2.43. The molecule has 6 nitrogen and oxygen atoms in total. The van der Waals surface area contributed by atoms with E-state index in [1.54, 1.807) is 18.4 Å². The Morgan fingerprint density at radius 1 is 1.17 bits per heavy atom. The Kier molecular flexibility index (Phi) is 4.30. The van der Waals surface area contributed by atoms with Gasteiger partial charge in [0.25, 0.3) is 0 Å². The molecule has 3 aromatic rings. The Balaban J connectivity index is 1.54. The second-order valence-corrected chi connectivity index (χ2v) is 7.22. The first-order valence-electron chi connectivity index (χ1n) is 9.09. The molecule has 0 aliphatic carbocycles. The number of ether oxygens (including phenoxy) is 2. The number of hydrogen-bond donors (Lipinski definition) is 1. The maximum absolute atomic E-state index is 11.7. The molecule has 29 heavy (non-hydrogen) atoms. The number of rotatable bonds is 3. The fraction of sp³-hybridized carbons (Fsp3) is 0.136. The van der Waals surface area contributed by atoms with Gasteiger partial charge in [-0.1, -0.05) is 23.7 Å². The highest BCUT2D eigenvalue weighted by Gasteiger charge is 2.40. The van der Waals surface area contributed by atoms with Gasteiger partial charge in [-0.25, -0.2) is 4.79 Å². The average molecular weight is 409 g/mol. The minimum Gasteiger partial charge on any atom is -0.469 e. The van der Waals surface area contributed by atoms with Crippen molar-refractivity contribution in [3.8, 4) is 5.75 Å². The quantitative estimate of drug-likeness (QED) is 0.633. The highest BCUT2D eigenvalue weighted by Crippen LogP contribution is 2.46. The Morgan fingerprint density at radius 3 is 2.72 bits per heavy atom. The summed E-state index contributed by atoms with van der Waals surface area (Å²) >= 11 is 6.24. The van der Waals surface area contributed by atoms with Crippen LogP contribution in [0.15, 0.2) is 71.4 Å². The molecule has 3 heterocycles. The van der Waals surface area contributed by atoms with E-state index in [9.17, 15) is 4.79 Å². The molecule has 0 bridgehead atoms. The highest BCUT2D eigenvalue weighted by atomic mass is 35.5. The number of furan rings is 1. The van der Waals surface area contributed by atoms with Gasteiger partial charge in [-0.05, 0) is 48.5 Å². The molecule has 146 valence electrons. The first kappa shape index (κ1) is 17.8. The fourth-order valence-electron chi connectivity index (χ4n) is 3.66. The molecule has 2 aliphatic heterocycles. The van der Waals surface area contributed by atoms with Crippen molar-refractivity contribution in [2.45, 2.75) is 12.3 Å². The summed E-state index contributed by atoms with van der Waals surface area (Å²) in [6.45, 7) is 0. The van der Waals surface area contributed by atoms with Gasteiger partial charge in [-0.2, -0.15) is 5.01 Å². The molecule has 2 unspecified atom stereocenters. The van der Waals surface area contributed by atoms with Gasteiger partial charge in [0, 0.05) is 16.1 Å². The molecule has 2 aliphatic rings. The van der Waals surface area contributed by atoms with Crippen molar-refractivity contribution in [3.05, 3.63) is 94.4 Å². The predicted octanol–water partition coefficient (Wildman–Crippen LogP) is 4.71. The number of hydrazine groups is 1. The average Bonchev–Trinajstić information content (AvgIpc) is 3.43. The van der Waals surface area contributed by atoms with Crippen molar-refractivity contribution < 1.29 is 18.7 Å². The molecule has 0 amide bonds. The number of esters is 1. The van der Waals surface area contributed by atoms with Crippen molar-refractivity contribution in [2.24, 2.45) is 0 Å². The largest absolute Gasteiger partial charge is 0.469 e. The minimum absolute atomic E-state index is 0.0946. The first-order chi connectivity index (χ1) is 14.1. The summed E-state index contributed by atoms with van der Waals surface area (Å²) in [4.78, 5) is 11.7. The van der Waals surface area contributed by atoms with Gasteiger partial charge in [0.1, 0.15) is 5.75 Å². The highest BCUT2D eigenvalue weighted by molar-refractivity contribution is 6.30. The Labute approximate surface area is 172 Å². The van der Waals surface area contributed by atoms with Crippen molar-refractivity contribution in [1.29, 1.82) is 0 Å². The molecule has 2 atom stereocenters. The SMILES string of the molecule is COC(=O)c1ccc(C2Oc3ccc(Cl)cc3C3C=C(c4ccco4)NN32)cc1. The van der Waals surface area contributed by atoms with Crippen LogP contribution in [0.2, 0.25) is 5.02 Å². The number of carbonyl (C=O) groups excluding carboxylic acids is 1. The monoisotopic (exact) mass is 408 g/mol. The van der Waals surface area contributed by atoms with Crippen molar-refractivity contribution in [2.75, 3.05) is 7.11 Å². The predicted molar refractivity (Wildman–Crippen MR) is 107 cm³/mol. The fourth-order valence-corrected chi connectivity index (χ4v) is 3.84. The molecule has 1 N–H and O–H groups in total. The van der Waals surface area contributed by atoms with Crippen LogP contribution < -0.4 is 10.2 Å². The molecule has 5 rings (SSSR count). The summed E-state index contributed by atoms with van der Waals surface area (Å²) in [7, 11) is 1.36. The Hall–Kier alpha value is -3.22. The number of carbonyl (C=O) groups is 1. The van der Waals surface area contributed by atoms with Crippen molar-refractivity contribution in [3.63, 3.8) is 0 Å². The maximum atomic E-state index is 11.7. The first-order valence-corrected chi connectivity index (χ1v) is 9.47. The molecule has 0 saturated heterocycles. The molecule has 0 saturated carbocycles. The summed E-state index contributed by atoms with van der Waals surface area (Å²) in [5.41, 5.74) is 6.59. The summed E-state index contributed by atoms with van der Waals surface area (Å²) in [6, 6.07) is 16.4. The van der Waals surface area contributed by atoms with Gasteiger partial charge in [0.05, 0.1) is 30.7 Å². The van der Waals surface area contributed by atoms with E-state index in [0.29, 0.717) is 10.6 Å². The van der Waals surface area contributed by atoms with E-state index in [1.807, 2.05) is 47.5 Å². The van der Waals surface area contributed by atoms with E-state index >= 15 is 0 Å². The molecule has 7 heteroatoms. The minimum atomic E-state index is -0.413. The Bertz CT molecular complexity index is 1090. The van der Waals surface area contributed by atoms with Gasteiger partial charge < -0.3 is 19.3 Å². The van der Waals surface area contributed by atoms with Crippen LogP contribution in [0.25, 0.3) is 5.70 Å². The van der Waals surface area contributed by atoms with Crippen LogP contribution in [-0.4, -0.2) is 18.1 Å². The third kappa shape index (κ3) is 3.06. The molecule has 0 spiro atoms. The number of halogens is 1. The summed E-state index contributed by atoms with van der Waals surface area (Å²) < 4.78 is 16.6. The van der Waals surface area contributed by atoms with Gasteiger partial charge in [-0.15, -0.1) is 0 Å². The molecular formula is C22H17ClN2O4. The van der Waals surface area contributed by atoms with Crippen LogP contribution in [0.3, 0.4) is 0 Å². The van der Waals surface area contributed by atoms with Crippen LogP contribution >= 0.6 is 11.6 Å². The zero-order valence-corrected chi connectivity index (χ0v) is 16.2. The van der Waals surface area contributed by atoms with E-state index in [2.05, 4.69) is 11.5 Å². The maximum Gasteiger partial charge on any atom is 0.337 e. The smallest absolute Gasteiger partial charge is 0.337 e. The lowest BCUT2D eigenvalue weighted by atomic mass is 10.0. The van der Waals surface area contributed by atoms with Crippen LogP contribution in [-0.2, 0) is 4.74 Å². The molecule has 0 radical (unpaired) electrons. The van der Waals surface area contributed by atoms with E-state index in [0.717, 1.165) is 28.3 Å². The van der Waals surface area contributed by atoms with Crippen molar-refractivity contribution >= 4 is 23.3 Å². The number of nitrogens with one attached hydrogen (secondary N) is 1.